The van der Waals surface area contributed by atoms with E-state index in [9.17, 15) is 34.8 Å². The molecule has 3 aliphatic rings. The van der Waals surface area contributed by atoms with Gasteiger partial charge in [0, 0.05) is 22.8 Å². The number of thiazole rings is 1. The molecule has 0 spiro atoms. The maximum Gasteiger partial charge on any atom is 0.255 e. The van der Waals surface area contributed by atoms with Gasteiger partial charge in [-0.1, -0.05) is 6.07 Å². The summed E-state index contributed by atoms with van der Waals surface area (Å²) in [5, 5.41) is 43.6. The summed E-state index contributed by atoms with van der Waals surface area (Å²) < 4.78 is 0. The number of phenolic OH excluding ortho intramolecular Hbond substituents is 1. The van der Waals surface area contributed by atoms with Crippen LogP contribution in [0.15, 0.2) is 34.5 Å². The van der Waals surface area contributed by atoms with Crippen LogP contribution in [0.1, 0.15) is 40.1 Å². The number of aliphatic hydroxyl groups excluding tert-OH is 2. The van der Waals surface area contributed by atoms with Gasteiger partial charge in [0.05, 0.1) is 16.8 Å². The maximum atomic E-state index is 13.5. The third kappa shape index (κ3) is 3.31. The van der Waals surface area contributed by atoms with E-state index < -0.39 is 52.0 Å². The highest BCUT2D eigenvalue weighted by molar-refractivity contribution is 7.09. The third-order valence-corrected chi connectivity index (χ3v) is 8.51. The molecule has 35 heavy (non-hydrogen) atoms. The summed E-state index contributed by atoms with van der Waals surface area (Å²) >= 11 is 1.56. The van der Waals surface area contributed by atoms with Gasteiger partial charge in [-0.3, -0.25) is 14.4 Å². The molecule has 6 N–H and O–H groups in total. The lowest BCUT2D eigenvalue weighted by molar-refractivity contribution is -0.147. The first-order valence-corrected chi connectivity index (χ1v) is 12.1. The molecule has 10 heteroatoms. The van der Waals surface area contributed by atoms with Crippen LogP contribution in [0.5, 0.6) is 5.75 Å². The smallest absolute Gasteiger partial charge is 0.255 e. The molecule has 1 saturated carbocycles. The van der Waals surface area contributed by atoms with E-state index in [1.54, 1.807) is 22.9 Å². The number of rotatable bonds is 4. The van der Waals surface area contributed by atoms with E-state index >= 15 is 0 Å². The Bertz CT molecular complexity index is 1370. The van der Waals surface area contributed by atoms with Crippen LogP contribution < -0.4 is 5.73 Å². The number of fused-ring (bicyclic) bond motifs is 3. The molecule has 1 heterocycles. The van der Waals surface area contributed by atoms with Crippen molar-refractivity contribution in [2.24, 2.45) is 17.6 Å². The van der Waals surface area contributed by atoms with Gasteiger partial charge in [-0.2, -0.15) is 0 Å². The molecular weight excluding hydrogens is 472 g/mol. The van der Waals surface area contributed by atoms with Gasteiger partial charge in [0.2, 0.25) is 5.78 Å². The van der Waals surface area contributed by atoms with Crippen molar-refractivity contribution in [2.45, 2.75) is 44.6 Å². The molecule has 3 aliphatic carbocycles. The Balaban J connectivity index is 1.60. The van der Waals surface area contributed by atoms with Crippen molar-refractivity contribution in [2.75, 3.05) is 0 Å². The highest BCUT2D eigenvalue weighted by atomic mass is 32.1. The van der Waals surface area contributed by atoms with E-state index in [1.165, 1.54) is 6.07 Å². The van der Waals surface area contributed by atoms with Crippen LogP contribution in [0.2, 0.25) is 0 Å². The molecule has 0 bridgehead atoms. The number of aromatic nitrogens is 1. The molecule has 5 rings (SSSR count). The van der Waals surface area contributed by atoms with E-state index in [1.807, 2.05) is 6.92 Å². The lowest BCUT2D eigenvalue weighted by Gasteiger charge is -2.46. The summed E-state index contributed by atoms with van der Waals surface area (Å²) in [5.74, 6) is -6.22. The van der Waals surface area contributed by atoms with E-state index in [-0.39, 0.29) is 29.7 Å². The van der Waals surface area contributed by atoms with Crippen molar-refractivity contribution in [1.82, 2.24) is 4.98 Å². The lowest BCUT2D eigenvalue weighted by Crippen LogP contribution is -2.58. The van der Waals surface area contributed by atoms with Crippen molar-refractivity contribution < 1.29 is 34.8 Å². The number of primary amides is 1. The van der Waals surface area contributed by atoms with Crippen LogP contribution in [0.3, 0.4) is 0 Å². The number of nitrogens with two attached hydrogens (primary N) is 1. The molecule has 2 aromatic rings. The highest BCUT2D eigenvalue weighted by Crippen LogP contribution is 2.52. The number of aliphatic hydroxyl groups is 3. The Morgan fingerprint density at radius 2 is 1.94 bits per heavy atom. The topological polar surface area (TPSA) is 171 Å². The zero-order chi connectivity index (χ0) is 25.2. The van der Waals surface area contributed by atoms with Gasteiger partial charge in [-0.15, -0.1) is 11.3 Å². The molecule has 0 saturated heterocycles. The van der Waals surface area contributed by atoms with Crippen molar-refractivity contribution in [3.05, 3.63) is 61.8 Å². The minimum absolute atomic E-state index is 0.117. The quantitative estimate of drug-likeness (QED) is 0.400. The van der Waals surface area contributed by atoms with Crippen LogP contribution in [-0.2, 0) is 33.6 Å². The van der Waals surface area contributed by atoms with Gasteiger partial charge in [0.25, 0.3) is 5.91 Å². The van der Waals surface area contributed by atoms with Crippen molar-refractivity contribution in [3.8, 4) is 5.75 Å². The average Bonchev–Trinajstić information content (AvgIpc) is 3.20. The van der Waals surface area contributed by atoms with Gasteiger partial charge < -0.3 is 26.2 Å². The molecule has 1 fully saturated rings. The summed E-state index contributed by atoms with van der Waals surface area (Å²) in [4.78, 5) is 43.1. The molecule has 3 atom stereocenters. The minimum Gasteiger partial charge on any atom is -0.508 e. The first kappa shape index (κ1) is 23.3. The number of aromatic hydroxyl groups is 1. The number of Topliss-reactive ketones (excluding diaryl/α,β-unsaturated/α-hetero) is 2. The SMILES string of the molecule is Cc1ncsc1CCc1ccc(O)c2c1C[C@H]1C[C@H]3CC(=O)C(C(N)=O)=C(O)[C@@]3(O)C(=O)C1=C2O. The molecule has 0 radical (unpaired) electrons. The van der Waals surface area contributed by atoms with Crippen LogP contribution in [-0.4, -0.2) is 48.5 Å². The van der Waals surface area contributed by atoms with Gasteiger partial charge in [-0.25, -0.2) is 4.98 Å². The largest absolute Gasteiger partial charge is 0.508 e. The monoisotopic (exact) mass is 496 g/mol. The second kappa shape index (κ2) is 8.03. The number of amides is 1. The van der Waals surface area contributed by atoms with Gasteiger partial charge in [0.1, 0.15) is 22.8 Å². The summed E-state index contributed by atoms with van der Waals surface area (Å²) in [6, 6.07) is 3.25. The maximum absolute atomic E-state index is 13.5. The minimum atomic E-state index is -2.55. The van der Waals surface area contributed by atoms with Crippen LogP contribution in [0.4, 0.5) is 0 Å². The Kier molecular flexibility index (Phi) is 5.33. The second-order valence-corrected chi connectivity index (χ2v) is 10.3. The number of phenols is 1. The fourth-order valence-corrected chi connectivity index (χ4v) is 6.52. The zero-order valence-electron chi connectivity index (χ0n) is 18.9. The summed E-state index contributed by atoms with van der Waals surface area (Å²) in [7, 11) is 0. The van der Waals surface area contributed by atoms with Gasteiger partial charge >= 0.3 is 0 Å². The van der Waals surface area contributed by atoms with Crippen LogP contribution in [0, 0.1) is 18.8 Å². The lowest BCUT2D eigenvalue weighted by atomic mass is 9.59. The van der Waals surface area contributed by atoms with Crippen LogP contribution >= 0.6 is 11.3 Å². The first-order chi connectivity index (χ1) is 16.6. The zero-order valence-corrected chi connectivity index (χ0v) is 19.7. The molecule has 1 aromatic heterocycles. The Labute approximate surface area is 204 Å². The predicted molar refractivity (Wildman–Crippen MR) is 126 cm³/mol. The van der Waals surface area contributed by atoms with Gasteiger partial charge in [-0.05, 0) is 55.7 Å². The second-order valence-electron chi connectivity index (χ2n) is 9.36. The number of benzene rings is 1. The summed E-state index contributed by atoms with van der Waals surface area (Å²) in [5.41, 5.74) is 6.20. The summed E-state index contributed by atoms with van der Waals surface area (Å²) in [6.07, 6.45) is 1.44. The third-order valence-electron chi connectivity index (χ3n) is 7.51. The molecule has 9 nitrogen and oxygen atoms in total. The van der Waals surface area contributed by atoms with Crippen molar-refractivity contribution >= 4 is 34.6 Å². The van der Waals surface area contributed by atoms with E-state index in [0.717, 1.165) is 22.6 Å². The van der Waals surface area contributed by atoms with Crippen molar-refractivity contribution in [3.63, 3.8) is 0 Å². The number of nitrogens with zero attached hydrogens (tertiary/aromatic N) is 1. The number of hydrogen-bond acceptors (Lipinski definition) is 9. The number of carbonyl (C=O) groups is 3. The molecule has 1 aromatic carbocycles. The van der Waals surface area contributed by atoms with Crippen LogP contribution in [0.25, 0.3) is 5.76 Å². The fraction of sp³-hybridized carbons (Fsp3) is 0.360. The number of hydrogen-bond donors (Lipinski definition) is 5. The Hall–Kier alpha value is -3.50. The predicted octanol–water partition coefficient (Wildman–Crippen LogP) is 1.97. The molecule has 1 amide bonds. The average molecular weight is 497 g/mol. The number of aryl methyl sites for hydroxylation is 3. The van der Waals surface area contributed by atoms with Crippen molar-refractivity contribution in [1.29, 1.82) is 0 Å². The number of carbonyl (C=O) groups excluding carboxylic acids is 3. The molecule has 0 unspecified atom stereocenters. The molecular formula is C25H24N2O7S. The standard InChI is InChI=1S/C25H24N2O7S/c1-10-17(35-9-27-10)5-3-11-2-4-15(28)19-14(11)7-12-6-13-8-16(29)20(24(26)33)23(32)25(13,34)22(31)18(12)21(19)30/h2,4,9,12-13,28,30,32,34H,3,5-8H2,1H3,(H2,26,33)/t12-,13+,25+/m1/s1. The molecule has 0 aliphatic heterocycles. The first-order valence-electron chi connectivity index (χ1n) is 11.3. The molecule has 182 valence electrons. The normalized spacial score (nSPS) is 25.9. The van der Waals surface area contributed by atoms with E-state index in [0.29, 0.717) is 18.4 Å². The van der Waals surface area contributed by atoms with E-state index in [4.69, 9.17) is 5.73 Å². The van der Waals surface area contributed by atoms with Gasteiger partial charge in [0.15, 0.2) is 11.4 Å². The fourth-order valence-electron chi connectivity index (χ4n) is 5.73. The Morgan fingerprint density at radius 3 is 2.60 bits per heavy atom. The summed E-state index contributed by atoms with van der Waals surface area (Å²) in [6.45, 7) is 1.94. The Morgan fingerprint density at radius 1 is 1.20 bits per heavy atom. The van der Waals surface area contributed by atoms with E-state index in [2.05, 4.69) is 4.98 Å². The number of ketones is 2. The highest BCUT2D eigenvalue weighted by Gasteiger charge is 2.60.